The van der Waals surface area contributed by atoms with Gasteiger partial charge < -0.3 is 9.40 Å². The first-order valence-corrected chi connectivity index (χ1v) is 9.69. The molecule has 0 aliphatic rings. The topological polar surface area (TPSA) is 69.7 Å². The van der Waals surface area contributed by atoms with Crippen molar-refractivity contribution in [2.45, 2.75) is 13.2 Å². The number of hydrogen-bond acceptors (Lipinski definition) is 4. The van der Waals surface area contributed by atoms with E-state index in [4.69, 9.17) is 16.4 Å². The van der Waals surface area contributed by atoms with Crippen molar-refractivity contribution in [3.8, 4) is 0 Å². The smallest absolute Gasteiger partial charge is 0.269 e. The maximum Gasteiger partial charge on any atom is 0.269 e. The van der Waals surface area contributed by atoms with Crippen molar-refractivity contribution in [1.29, 1.82) is 0 Å². The van der Waals surface area contributed by atoms with E-state index < -0.39 is 4.92 Å². The highest BCUT2D eigenvalue weighted by molar-refractivity contribution is 6.31. The van der Waals surface area contributed by atoms with Gasteiger partial charge >= 0.3 is 0 Å². The van der Waals surface area contributed by atoms with Gasteiger partial charge in [-0.1, -0.05) is 65.3 Å². The van der Waals surface area contributed by atoms with Crippen LogP contribution in [0, 0.1) is 10.1 Å². The zero-order valence-electron chi connectivity index (χ0n) is 15.9. The summed E-state index contributed by atoms with van der Waals surface area (Å²) in [4.78, 5) is 15.8. The molecule has 4 rings (SSSR count). The fourth-order valence-corrected chi connectivity index (χ4v) is 3.48. The Balaban J connectivity index is 1.52. The molecule has 3 aromatic carbocycles. The van der Waals surface area contributed by atoms with Crippen LogP contribution in [-0.2, 0) is 18.0 Å². The zero-order valence-corrected chi connectivity index (χ0v) is 16.7. The number of oxime groups is 1. The van der Waals surface area contributed by atoms with Gasteiger partial charge in [0.25, 0.3) is 5.69 Å². The number of benzene rings is 3. The van der Waals surface area contributed by atoms with Gasteiger partial charge in [-0.2, -0.15) is 0 Å². The molecule has 30 heavy (non-hydrogen) atoms. The number of nitrogens with zero attached hydrogens (tertiary/aromatic N) is 3. The number of halogens is 1. The molecule has 6 nitrogen and oxygen atoms in total. The van der Waals surface area contributed by atoms with E-state index in [1.165, 1.54) is 12.1 Å². The van der Waals surface area contributed by atoms with Gasteiger partial charge in [-0.15, -0.1) is 0 Å². The van der Waals surface area contributed by atoms with Gasteiger partial charge in [0, 0.05) is 46.4 Å². The second kappa shape index (κ2) is 8.80. The molecule has 0 aliphatic carbocycles. The summed E-state index contributed by atoms with van der Waals surface area (Å²) in [6.45, 7) is 0.791. The fourth-order valence-electron chi connectivity index (χ4n) is 3.28. The van der Waals surface area contributed by atoms with Crippen LogP contribution in [0.3, 0.4) is 0 Å². The van der Waals surface area contributed by atoms with Crippen LogP contribution in [0.1, 0.15) is 16.7 Å². The zero-order chi connectivity index (χ0) is 20.9. The molecular formula is C23H18ClN3O3. The Hall–Kier alpha value is -3.64. The number of hydrogen-bond donors (Lipinski definition) is 0. The molecule has 0 atom stereocenters. The van der Waals surface area contributed by atoms with Crippen LogP contribution < -0.4 is 0 Å². The molecule has 4 aromatic rings. The van der Waals surface area contributed by atoms with Gasteiger partial charge in [0.15, 0.2) is 0 Å². The van der Waals surface area contributed by atoms with E-state index in [1.54, 1.807) is 18.3 Å². The Morgan fingerprint density at radius 3 is 2.70 bits per heavy atom. The SMILES string of the molecule is O=[N+]([O-])c1cccc(CO/N=C\c2cn(Cc3ccccc3Cl)c3ccccc23)c1. The Bertz CT molecular complexity index is 1230. The summed E-state index contributed by atoms with van der Waals surface area (Å²) in [5, 5.41) is 16.7. The molecule has 1 heterocycles. The molecule has 1 aromatic heterocycles. The molecule has 0 fully saturated rings. The molecule has 0 N–H and O–H groups in total. The predicted octanol–water partition coefficient (Wildman–Crippen LogP) is 5.80. The summed E-state index contributed by atoms with van der Waals surface area (Å²) in [5.74, 6) is 0. The first-order chi connectivity index (χ1) is 14.6. The normalized spacial score (nSPS) is 11.2. The molecule has 7 heteroatoms. The minimum atomic E-state index is -0.430. The summed E-state index contributed by atoms with van der Waals surface area (Å²) in [6.07, 6.45) is 3.66. The largest absolute Gasteiger partial charge is 0.391 e. The van der Waals surface area contributed by atoms with Crippen molar-refractivity contribution < 1.29 is 9.76 Å². The first kappa shape index (κ1) is 19.7. The lowest BCUT2D eigenvalue weighted by atomic mass is 10.2. The van der Waals surface area contributed by atoms with Gasteiger partial charge in [0.05, 0.1) is 11.1 Å². The lowest BCUT2D eigenvalue weighted by Gasteiger charge is -2.07. The van der Waals surface area contributed by atoms with Crippen LogP contribution in [0.2, 0.25) is 5.02 Å². The molecule has 0 radical (unpaired) electrons. The summed E-state index contributed by atoms with van der Waals surface area (Å²) in [7, 11) is 0. The third-order valence-electron chi connectivity index (χ3n) is 4.74. The minimum absolute atomic E-state index is 0.0303. The number of fused-ring (bicyclic) bond motifs is 1. The van der Waals surface area contributed by atoms with E-state index in [0.717, 1.165) is 27.1 Å². The average molecular weight is 420 g/mol. The fraction of sp³-hybridized carbons (Fsp3) is 0.0870. The highest BCUT2D eigenvalue weighted by Crippen LogP contribution is 2.23. The summed E-state index contributed by atoms with van der Waals surface area (Å²) in [6, 6.07) is 22.1. The van der Waals surface area contributed by atoms with Crippen LogP contribution in [-0.4, -0.2) is 15.7 Å². The number of para-hydroxylation sites is 1. The van der Waals surface area contributed by atoms with E-state index >= 15 is 0 Å². The Kier molecular flexibility index (Phi) is 5.77. The number of nitro benzene ring substituents is 1. The first-order valence-electron chi connectivity index (χ1n) is 9.32. The van der Waals surface area contributed by atoms with Crippen LogP contribution in [0.4, 0.5) is 5.69 Å². The van der Waals surface area contributed by atoms with E-state index in [-0.39, 0.29) is 12.3 Å². The van der Waals surface area contributed by atoms with E-state index in [2.05, 4.69) is 9.72 Å². The molecule has 0 saturated carbocycles. The number of rotatable bonds is 7. The second-order valence-electron chi connectivity index (χ2n) is 6.76. The maximum atomic E-state index is 10.9. The second-order valence-corrected chi connectivity index (χ2v) is 7.16. The molecule has 0 amide bonds. The minimum Gasteiger partial charge on any atom is -0.391 e. The highest BCUT2D eigenvalue weighted by atomic mass is 35.5. The van der Waals surface area contributed by atoms with Crippen LogP contribution in [0.5, 0.6) is 0 Å². The summed E-state index contributed by atoms with van der Waals surface area (Å²) in [5.41, 5.74) is 3.73. The third-order valence-corrected chi connectivity index (χ3v) is 5.11. The van der Waals surface area contributed by atoms with Crippen LogP contribution >= 0.6 is 11.6 Å². The lowest BCUT2D eigenvalue weighted by molar-refractivity contribution is -0.384. The van der Waals surface area contributed by atoms with Crippen molar-refractivity contribution in [2.75, 3.05) is 0 Å². The Morgan fingerprint density at radius 2 is 1.87 bits per heavy atom. The molecular weight excluding hydrogens is 402 g/mol. The third kappa shape index (κ3) is 4.34. The van der Waals surface area contributed by atoms with Gasteiger partial charge in [0.1, 0.15) is 6.61 Å². The van der Waals surface area contributed by atoms with Crippen molar-refractivity contribution in [3.05, 3.63) is 111 Å². The highest BCUT2D eigenvalue weighted by Gasteiger charge is 2.09. The lowest BCUT2D eigenvalue weighted by Crippen LogP contribution is -1.98. The summed E-state index contributed by atoms with van der Waals surface area (Å²) >= 11 is 6.32. The van der Waals surface area contributed by atoms with Crippen LogP contribution in [0.15, 0.2) is 84.1 Å². The average Bonchev–Trinajstić information content (AvgIpc) is 3.11. The van der Waals surface area contributed by atoms with Crippen molar-refractivity contribution in [1.82, 2.24) is 4.57 Å². The molecule has 0 bridgehead atoms. The predicted molar refractivity (Wildman–Crippen MR) is 118 cm³/mol. The molecule has 0 aliphatic heterocycles. The van der Waals surface area contributed by atoms with Crippen molar-refractivity contribution in [2.24, 2.45) is 5.16 Å². The quantitative estimate of drug-likeness (QED) is 0.216. The van der Waals surface area contributed by atoms with Gasteiger partial charge in [-0.3, -0.25) is 10.1 Å². The Labute approximate surface area is 178 Å². The number of nitro groups is 1. The molecule has 0 saturated heterocycles. The van der Waals surface area contributed by atoms with Gasteiger partial charge in [-0.25, -0.2) is 0 Å². The summed E-state index contributed by atoms with van der Waals surface area (Å²) < 4.78 is 2.12. The molecule has 0 spiro atoms. The van der Waals surface area contributed by atoms with Gasteiger partial charge in [-0.05, 0) is 23.3 Å². The van der Waals surface area contributed by atoms with E-state index in [1.807, 2.05) is 54.7 Å². The number of non-ortho nitro benzene ring substituents is 1. The van der Waals surface area contributed by atoms with Crippen molar-refractivity contribution in [3.63, 3.8) is 0 Å². The van der Waals surface area contributed by atoms with E-state index in [9.17, 15) is 10.1 Å². The van der Waals surface area contributed by atoms with Gasteiger partial charge in [0.2, 0.25) is 0 Å². The Morgan fingerprint density at radius 1 is 1.07 bits per heavy atom. The molecule has 150 valence electrons. The van der Waals surface area contributed by atoms with E-state index in [0.29, 0.717) is 12.1 Å². The monoisotopic (exact) mass is 419 g/mol. The molecule has 0 unspecified atom stereocenters. The van der Waals surface area contributed by atoms with Crippen LogP contribution in [0.25, 0.3) is 10.9 Å². The standard InChI is InChI=1S/C23H18ClN3O3/c24-22-10-3-1-7-18(22)14-26-15-19(21-9-2-4-11-23(21)26)13-25-30-16-17-6-5-8-20(12-17)27(28)29/h1-13,15H,14,16H2/b25-13-. The number of aromatic nitrogens is 1. The van der Waals surface area contributed by atoms with Crippen molar-refractivity contribution >= 4 is 34.4 Å². The maximum absolute atomic E-state index is 10.9.